The summed E-state index contributed by atoms with van der Waals surface area (Å²) in [6, 6.07) is 7.66. The zero-order valence-electron chi connectivity index (χ0n) is 12.7. The lowest BCUT2D eigenvalue weighted by atomic mass is 9.99. The van der Waals surface area contributed by atoms with Gasteiger partial charge >= 0.3 is 0 Å². The van der Waals surface area contributed by atoms with E-state index >= 15 is 0 Å². The highest BCUT2D eigenvalue weighted by atomic mass is 16.5. The van der Waals surface area contributed by atoms with Crippen molar-refractivity contribution in [3.63, 3.8) is 0 Å². The Hall–Kier alpha value is -1.59. The summed E-state index contributed by atoms with van der Waals surface area (Å²) in [6.45, 7) is 4.80. The van der Waals surface area contributed by atoms with Crippen molar-refractivity contribution in [1.82, 2.24) is 10.2 Å². The number of amides is 1. The molecule has 2 unspecified atom stereocenters. The Morgan fingerprint density at radius 3 is 2.75 bits per heavy atom. The summed E-state index contributed by atoms with van der Waals surface area (Å²) in [4.78, 5) is 13.7. The minimum atomic E-state index is -0.0958. The monoisotopic (exact) mass is 279 g/mol. The number of likely N-dealkylation sites (N-methyl/N-ethyl adjacent to an activating group) is 2. The van der Waals surface area contributed by atoms with Crippen LogP contribution in [0.15, 0.2) is 24.3 Å². The van der Waals surface area contributed by atoms with Crippen LogP contribution in [-0.4, -0.2) is 44.1 Å². The summed E-state index contributed by atoms with van der Waals surface area (Å²) in [5.74, 6) is 0.795. The van der Waals surface area contributed by atoms with Crippen LogP contribution in [0.4, 0.5) is 0 Å². The number of nitrogens with zero attached hydrogens (tertiary/aromatic N) is 1. The van der Waals surface area contributed by atoms with Crippen molar-refractivity contribution in [2.75, 3.05) is 27.2 Å². The van der Waals surface area contributed by atoms with Crippen molar-refractivity contribution in [2.45, 2.75) is 25.9 Å². The summed E-state index contributed by atoms with van der Waals surface area (Å²) in [5.41, 5.74) is 7.14. The van der Waals surface area contributed by atoms with Crippen molar-refractivity contribution in [3.05, 3.63) is 29.8 Å². The fraction of sp³-hybridized carbons (Fsp3) is 0.533. The molecule has 20 heavy (non-hydrogen) atoms. The Bertz CT molecular complexity index is 435. The summed E-state index contributed by atoms with van der Waals surface area (Å²) in [5, 5.41) is 2.80. The zero-order chi connectivity index (χ0) is 15.1. The number of rotatable bonds is 7. The van der Waals surface area contributed by atoms with Gasteiger partial charge in [0, 0.05) is 18.6 Å². The van der Waals surface area contributed by atoms with Crippen LogP contribution in [0.5, 0.6) is 5.75 Å². The summed E-state index contributed by atoms with van der Waals surface area (Å²) in [6.07, 6.45) is 0. The smallest absolute Gasteiger partial charge is 0.234 e. The molecule has 2 atom stereocenters. The van der Waals surface area contributed by atoms with E-state index in [1.807, 2.05) is 50.1 Å². The lowest BCUT2D eigenvalue weighted by Gasteiger charge is -2.31. The van der Waals surface area contributed by atoms with Gasteiger partial charge in [-0.2, -0.15) is 0 Å². The first-order valence-electron chi connectivity index (χ1n) is 6.86. The molecule has 0 aliphatic carbocycles. The number of ether oxygens (including phenoxy) is 1. The van der Waals surface area contributed by atoms with E-state index in [1.165, 1.54) is 0 Å². The molecule has 1 amide bonds. The second-order valence-corrected chi connectivity index (χ2v) is 4.95. The van der Waals surface area contributed by atoms with Crippen LogP contribution in [0.25, 0.3) is 0 Å². The highest BCUT2D eigenvalue weighted by molar-refractivity contribution is 5.77. The third kappa shape index (κ3) is 4.51. The fourth-order valence-corrected chi connectivity index (χ4v) is 2.36. The lowest BCUT2D eigenvalue weighted by molar-refractivity contribution is -0.122. The standard InChI is InChI=1S/C15H25N3O2/c1-5-17-14(19)10-18(3)15(11(2)16)12-7-6-8-13(9-12)20-4/h6-9,11,15H,5,10,16H2,1-4H3,(H,17,19). The number of methoxy groups -OCH3 is 1. The Labute approximate surface area is 121 Å². The minimum absolute atomic E-state index is 0.00328. The van der Waals surface area contributed by atoms with Crippen molar-refractivity contribution < 1.29 is 9.53 Å². The molecular formula is C15H25N3O2. The van der Waals surface area contributed by atoms with E-state index in [0.29, 0.717) is 13.1 Å². The van der Waals surface area contributed by atoms with Gasteiger partial charge in [0.1, 0.15) is 5.75 Å². The highest BCUT2D eigenvalue weighted by Crippen LogP contribution is 2.25. The summed E-state index contributed by atoms with van der Waals surface area (Å²) in [7, 11) is 3.54. The molecule has 0 heterocycles. The largest absolute Gasteiger partial charge is 0.497 e. The molecule has 0 radical (unpaired) electrons. The van der Waals surface area contributed by atoms with Gasteiger partial charge in [0.15, 0.2) is 0 Å². The third-order valence-corrected chi connectivity index (χ3v) is 3.18. The molecule has 0 saturated carbocycles. The number of benzene rings is 1. The maximum Gasteiger partial charge on any atom is 0.234 e. The number of hydrogen-bond donors (Lipinski definition) is 2. The van der Waals surface area contributed by atoms with Crippen LogP contribution in [0, 0.1) is 0 Å². The Morgan fingerprint density at radius 1 is 1.50 bits per heavy atom. The molecule has 0 fully saturated rings. The van der Waals surface area contributed by atoms with E-state index < -0.39 is 0 Å². The molecule has 112 valence electrons. The predicted molar refractivity (Wildman–Crippen MR) is 80.7 cm³/mol. The van der Waals surface area contributed by atoms with E-state index in [9.17, 15) is 4.79 Å². The molecule has 1 aromatic rings. The number of hydrogen-bond acceptors (Lipinski definition) is 4. The van der Waals surface area contributed by atoms with Gasteiger partial charge in [0.05, 0.1) is 13.7 Å². The first-order chi connectivity index (χ1) is 9.49. The Morgan fingerprint density at radius 2 is 2.20 bits per heavy atom. The zero-order valence-corrected chi connectivity index (χ0v) is 12.7. The molecule has 5 nitrogen and oxygen atoms in total. The number of nitrogens with one attached hydrogen (secondary N) is 1. The number of carbonyl (C=O) groups is 1. The van der Waals surface area contributed by atoms with Crippen molar-refractivity contribution in [2.24, 2.45) is 5.73 Å². The van der Waals surface area contributed by atoms with Crippen LogP contribution in [-0.2, 0) is 4.79 Å². The van der Waals surface area contributed by atoms with Crippen molar-refractivity contribution >= 4 is 5.91 Å². The van der Waals surface area contributed by atoms with Gasteiger partial charge in [-0.05, 0) is 38.6 Å². The first kappa shape index (κ1) is 16.5. The molecule has 0 spiro atoms. The lowest BCUT2D eigenvalue weighted by Crippen LogP contribution is -2.42. The maximum absolute atomic E-state index is 11.7. The maximum atomic E-state index is 11.7. The SMILES string of the molecule is CCNC(=O)CN(C)C(c1cccc(OC)c1)C(C)N. The van der Waals surface area contributed by atoms with Gasteiger partial charge in [0.25, 0.3) is 0 Å². The van der Waals surface area contributed by atoms with E-state index in [1.54, 1.807) is 7.11 Å². The summed E-state index contributed by atoms with van der Waals surface area (Å²) < 4.78 is 5.25. The van der Waals surface area contributed by atoms with Crippen molar-refractivity contribution in [1.29, 1.82) is 0 Å². The molecular weight excluding hydrogens is 254 g/mol. The fourth-order valence-electron chi connectivity index (χ4n) is 2.36. The molecule has 0 aromatic heterocycles. The van der Waals surface area contributed by atoms with E-state index in [2.05, 4.69) is 5.32 Å². The van der Waals surface area contributed by atoms with Crippen LogP contribution in [0.3, 0.4) is 0 Å². The normalized spacial score (nSPS) is 13.9. The summed E-state index contributed by atoms with van der Waals surface area (Å²) >= 11 is 0. The second kappa shape index (κ2) is 7.87. The molecule has 5 heteroatoms. The van der Waals surface area contributed by atoms with Crippen LogP contribution >= 0.6 is 0 Å². The van der Waals surface area contributed by atoms with Gasteiger partial charge in [-0.15, -0.1) is 0 Å². The van der Waals surface area contributed by atoms with E-state index in [-0.39, 0.29) is 18.0 Å². The molecule has 1 aromatic carbocycles. The molecule has 0 aliphatic rings. The second-order valence-electron chi connectivity index (χ2n) is 4.95. The first-order valence-corrected chi connectivity index (χ1v) is 6.86. The Kier molecular flexibility index (Phi) is 6.48. The average molecular weight is 279 g/mol. The molecule has 1 rings (SSSR count). The van der Waals surface area contributed by atoms with Gasteiger partial charge in [-0.1, -0.05) is 12.1 Å². The Balaban J connectivity index is 2.89. The highest BCUT2D eigenvalue weighted by Gasteiger charge is 2.23. The molecule has 0 saturated heterocycles. The molecule has 0 aliphatic heterocycles. The predicted octanol–water partition coefficient (Wildman–Crippen LogP) is 1.15. The van der Waals surface area contributed by atoms with Gasteiger partial charge in [-0.25, -0.2) is 0 Å². The van der Waals surface area contributed by atoms with Gasteiger partial charge in [0.2, 0.25) is 5.91 Å². The quantitative estimate of drug-likeness (QED) is 0.786. The van der Waals surface area contributed by atoms with Gasteiger partial charge in [-0.3, -0.25) is 9.69 Å². The number of carbonyl (C=O) groups excluding carboxylic acids is 1. The molecule has 3 N–H and O–H groups in total. The van der Waals surface area contributed by atoms with E-state index in [0.717, 1.165) is 11.3 Å². The van der Waals surface area contributed by atoms with E-state index in [4.69, 9.17) is 10.5 Å². The van der Waals surface area contributed by atoms with Crippen LogP contribution in [0.1, 0.15) is 25.5 Å². The average Bonchev–Trinajstić information content (AvgIpc) is 2.38. The van der Waals surface area contributed by atoms with Crippen LogP contribution in [0.2, 0.25) is 0 Å². The van der Waals surface area contributed by atoms with Crippen LogP contribution < -0.4 is 15.8 Å². The van der Waals surface area contributed by atoms with Gasteiger partial charge < -0.3 is 15.8 Å². The number of nitrogens with two attached hydrogens (primary N) is 1. The third-order valence-electron chi connectivity index (χ3n) is 3.18. The minimum Gasteiger partial charge on any atom is -0.497 e. The topological polar surface area (TPSA) is 67.6 Å². The molecule has 0 bridgehead atoms. The van der Waals surface area contributed by atoms with Crippen molar-refractivity contribution in [3.8, 4) is 5.75 Å².